The zero-order valence-electron chi connectivity index (χ0n) is 16.9. The highest BCUT2D eigenvalue weighted by atomic mass is 32.2. The summed E-state index contributed by atoms with van der Waals surface area (Å²) >= 11 is 1.76. The van der Waals surface area contributed by atoms with Gasteiger partial charge in [-0.05, 0) is 43.6 Å². The van der Waals surface area contributed by atoms with Crippen LogP contribution in [0.4, 0.5) is 0 Å². The van der Waals surface area contributed by atoms with Gasteiger partial charge in [-0.3, -0.25) is 9.59 Å². The number of ether oxygens (including phenoxy) is 1. The SMILES string of the molecule is COC(=O)[C@H](CC(C)C)NC(=O)CC1(c2oc(C)cc(=O)c2O)CCSCC1. The van der Waals surface area contributed by atoms with Gasteiger partial charge in [-0.1, -0.05) is 13.8 Å². The molecule has 2 N–H and O–H groups in total. The summed E-state index contributed by atoms with van der Waals surface area (Å²) in [5.74, 6) is 1.09. The van der Waals surface area contributed by atoms with Gasteiger partial charge >= 0.3 is 5.97 Å². The molecule has 0 spiro atoms. The molecule has 1 aromatic heterocycles. The first kappa shape index (κ1) is 22.3. The van der Waals surface area contributed by atoms with Gasteiger partial charge < -0.3 is 19.6 Å². The van der Waals surface area contributed by atoms with E-state index in [4.69, 9.17) is 9.15 Å². The molecule has 7 nitrogen and oxygen atoms in total. The van der Waals surface area contributed by atoms with Crippen LogP contribution in [0.25, 0.3) is 0 Å². The molecule has 1 fully saturated rings. The number of methoxy groups -OCH3 is 1. The molecule has 2 heterocycles. The van der Waals surface area contributed by atoms with E-state index in [1.807, 2.05) is 13.8 Å². The van der Waals surface area contributed by atoms with E-state index in [9.17, 15) is 19.5 Å². The number of carbonyl (C=O) groups is 2. The van der Waals surface area contributed by atoms with Crippen molar-refractivity contribution in [1.29, 1.82) is 0 Å². The molecule has 0 aromatic carbocycles. The van der Waals surface area contributed by atoms with Crippen LogP contribution < -0.4 is 10.7 Å². The minimum atomic E-state index is -0.775. The predicted octanol–water partition coefficient (Wildman–Crippen LogP) is 2.51. The van der Waals surface area contributed by atoms with Gasteiger partial charge in [-0.2, -0.15) is 11.8 Å². The fourth-order valence-electron chi connectivity index (χ4n) is 3.59. The van der Waals surface area contributed by atoms with Crippen molar-refractivity contribution < 1.29 is 23.8 Å². The predicted molar refractivity (Wildman–Crippen MR) is 108 cm³/mol. The summed E-state index contributed by atoms with van der Waals surface area (Å²) in [6, 6.07) is 0.505. The van der Waals surface area contributed by atoms with Crippen LogP contribution in [-0.2, 0) is 19.7 Å². The van der Waals surface area contributed by atoms with Crippen LogP contribution in [0.1, 0.15) is 51.1 Å². The van der Waals surface area contributed by atoms with Gasteiger partial charge in [0.1, 0.15) is 11.8 Å². The third-order valence-corrected chi connectivity index (χ3v) is 5.99. The molecule has 28 heavy (non-hydrogen) atoms. The zero-order chi connectivity index (χ0) is 20.9. The van der Waals surface area contributed by atoms with Gasteiger partial charge in [0.05, 0.1) is 7.11 Å². The van der Waals surface area contributed by atoms with Gasteiger partial charge in [0, 0.05) is 17.9 Å². The number of aromatic hydroxyl groups is 1. The van der Waals surface area contributed by atoms with Crippen molar-refractivity contribution in [3.63, 3.8) is 0 Å². The molecule has 1 amide bonds. The molecule has 2 rings (SSSR count). The Bertz CT molecular complexity index is 766. The number of rotatable bonds is 7. The second kappa shape index (κ2) is 9.49. The lowest BCUT2D eigenvalue weighted by atomic mass is 9.75. The molecular formula is C20H29NO6S. The molecule has 0 radical (unpaired) electrons. The molecule has 0 aliphatic carbocycles. The Morgan fingerprint density at radius 1 is 1.36 bits per heavy atom. The molecule has 0 bridgehead atoms. The van der Waals surface area contributed by atoms with E-state index in [1.165, 1.54) is 13.2 Å². The first-order valence-corrected chi connectivity index (χ1v) is 10.6. The summed E-state index contributed by atoms with van der Waals surface area (Å²) < 4.78 is 10.5. The second-order valence-corrected chi connectivity index (χ2v) is 8.97. The van der Waals surface area contributed by atoms with Crippen molar-refractivity contribution >= 4 is 23.6 Å². The van der Waals surface area contributed by atoms with Crippen LogP contribution in [0, 0.1) is 12.8 Å². The highest BCUT2D eigenvalue weighted by molar-refractivity contribution is 7.99. The number of carbonyl (C=O) groups excluding carboxylic acids is 2. The van der Waals surface area contributed by atoms with Crippen LogP contribution >= 0.6 is 11.8 Å². The van der Waals surface area contributed by atoms with E-state index in [2.05, 4.69) is 5.32 Å². The maximum atomic E-state index is 12.9. The number of hydrogen-bond acceptors (Lipinski definition) is 7. The van der Waals surface area contributed by atoms with Crippen LogP contribution in [0.5, 0.6) is 5.75 Å². The minimum Gasteiger partial charge on any atom is -0.502 e. The van der Waals surface area contributed by atoms with Crippen molar-refractivity contribution in [3.8, 4) is 5.75 Å². The number of nitrogens with one attached hydrogen (secondary N) is 1. The zero-order valence-corrected chi connectivity index (χ0v) is 17.7. The van der Waals surface area contributed by atoms with Gasteiger partial charge in [-0.15, -0.1) is 0 Å². The first-order valence-electron chi connectivity index (χ1n) is 9.47. The Hall–Kier alpha value is -1.96. The number of esters is 1. The van der Waals surface area contributed by atoms with Crippen molar-refractivity contribution in [2.75, 3.05) is 18.6 Å². The molecule has 156 valence electrons. The van der Waals surface area contributed by atoms with Crippen molar-refractivity contribution in [3.05, 3.63) is 27.8 Å². The van der Waals surface area contributed by atoms with Crippen LogP contribution in [0.15, 0.2) is 15.3 Å². The summed E-state index contributed by atoms with van der Waals surface area (Å²) in [7, 11) is 1.29. The summed E-state index contributed by atoms with van der Waals surface area (Å²) in [6.45, 7) is 5.56. The summed E-state index contributed by atoms with van der Waals surface area (Å²) in [4.78, 5) is 37.0. The van der Waals surface area contributed by atoms with E-state index in [-0.39, 0.29) is 24.0 Å². The smallest absolute Gasteiger partial charge is 0.328 e. The van der Waals surface area contributed by atoms with Gasteiger partial charge in [0.15, 0.2) is 5.76 Å². The number of amides is 1. The van der Waals surface area contributed by atoms with E-state index >= 15 is 0 Å². The normalized spacial score (nSPS) is 17.2. The van der Waals surface area contributed by atoms with Gasteiger partial charge in [0.25, 0.3) is 0 Å². The maximum Gasteiger partial charge on any atom is 0.328 e. The lowest BCUT2D eigenvalue weighted by molar-refractivity contribution is -0.145. The molecule has 1 aromatic rings. The van der Waals surface area contributed by atoms with Crippen molar-refractivity contribution in [1.82, 2.24) is 5.32 Å². The highest BCUT2D eigenvalue weighted by Crippen LogP contribution is 2.44. The fourth-order valence-corrected chi connectivity index (χ4v) is 4.86. The van der Waals surface area contributed by atoms with Crippen molar-refractivity contribution in [2.45, 2.75) is 57.9 Å². The lowest BCUT2D eigenvalue weighted by Crippen LogP contribution is -2.45. The Labute approximate surface area is 169 Å². The molecule has 1 aliphatic rings. The molecule has 1 atom stereocenters. The average Bonchev–Trinajstić information content (AvgIpc) is 2.63. The van der Waals surface area contributed by atoms with E-state index in [1.54, 1.807) is 18.7 Å². The lowest BCUT2D eigenvalue weighted by Gasteiger charge is -2.36. The summed E-state index contributed by atoms with van der Waals surface area (Å²) in [5, 5.41) is 13.1. The molecule has 1 aliphatic heterocycles. The van der Waals surface area contributed by atoms with Crippen LogP contribution in [0.3, 0.4) is 0 Å². The van der Waals surface area contributed by atoms with E-state index in [0.29, 0.717) is 25.0 Å². The fraction of sp³-hybridized carbons (Fsp3) is 0.650. The van der Waals surface area contributed by atoms with E-state index in [0.717, 1.165) is 11.5 Å². The topological polar surface area (TPSA) is 106 Å². The van der Waals surface area contributed by atoms with Crippen LogP contribution in [-0.4, -0.2) is 41.6 Å². The Morgan fingerprint density at radius 3 is 2.57 bits per heavy atom. The average molecular weight is 412 g/mol. The Morgan fingerprint density at radius 2 is 2.00 bits per heavy atom. The third kappa shape index (κ3) is 5.31. The molecule has 1 saturated heterocycles. The largest absolute Gasteiger partial charge is 0.502 e. The van der Waals surface area contributed by atoms with Gasteiger partial charge in [-0.25, -0.2) is 4.79 Å². The second-order valence-electron chi connectivity index (χ2n) is 7.74. The number of thioether (sulfide) groups is 1. The minimum absolute atomic E-state index is 0.0269. The summed E-state index contributed by atoms with van der Waals surface area (Å²) in [6.07, 6.45) is 1.68. The quantitative estimate of drug-likeness (QED) is 0.664. The summed E-state index contributed by atoms with van der Waals surface area (Å²) in [5.41, 5.74) is -1.28. The molecule has 8 heteroatoms. The van der Waals surface area contributed by atoms with Gasteiger partial charge in [0.2, 0.25) is 17.1 Å². The number of aryl methyl sites for hydroxylation is 1. The van der Waals surface area contributed by atoms with E-state index < -0.39 is 28.6 Å². The van der Waals surface area contributed by atoms with Crippen molar-refractivity contribution in [2.24, 2.45) is 5.92 Å². The maximum absolute atomic E-state index is 12.9. The molecule has 0 unspecified atom stereocenters. The monoisotopic (exact) mass is 411 g/mol. The number of hydrogen-bond donors (Lipinski definition) is 2. The molecule has 0 saturated carbocycles. The standard InChI is InChI=1S/C20H29NO6S/c1-12(2)9-14(19(25)26-4)21-16(23)11-20(5-7-28-8-6-20)18-17(24)15(22)10-13(3)27-18/h10,12,14,24H,5-9,11H2,1-4H3,(H,21,23)/t14-/m0/s1. The van der Waals surface area contributed by atoms with Crippen LogP contribution in [0.2, 0.25) is 0 Å². The Kier molecular flexibility index (Phi) is 7.57. The Balaban J connectivity index is 2.30. The highest BCUT2D eigenvalue weighted by Gasteiger charge is 2.42. The molecular weight excluding hydrogens is 382 g/mol. The first-order chi connectivity index (χ1) is 13.2. The third-order valence-electron chi connectivity index (χ3n) is 5.00.